The van der Waals surface area contributed by atoms with E-state index in [1.54, 1.807) is 6.20 Å². The van der Waals surface area contributed by atoms with E-state index < -0.39 is 5.97 Å². The lowest BCUT2D eigenvalue weighted by Gasteiger charge is -2.10. The van der Waals surface area contributed by atoms with Crippen molar-refractivity contribution in [3.8, 4) is 0 Å². The van der Waals surface area contributed by atoms with Crippen molar-refractivity contribution in [3.05, 3.63) is 69.1 Å². The predicted molar refractivity (Wildman–Crippen MR) is 72.4 cm³/mol. The SMILES string of the molecule is Cc1c[nH]c(=O)c(Cc2ccccc2)c1CC(=O)O. The summed E-state index contributed by atoms with van der Waals surface area (Å²) in [6.07, 6.45) is 1.88. The lowest BCUT2D eigenvalue weighted by Crippen LogP contribution is -2.19. The summed E-state index contributed by atoms with van der Waals surface area (Å²) >= 11 is 0. The molecule has 0 aliphatic rings. The molecule has 0 fully saturated rings. The van der Waals surface area contributed by atoms with Crippen molar-refractivity contribution >= 4 is 5.97 Å². The van der Waals surface area contributed by atoms with E-state index in [2.05, 4.69) is 4.98 Å². The van der Waals surface area contributed by atoms with Crippen LogP contribution in [0.1, 0.15) is 22.3 Å². The summed E-state index contributed by atoms with van der Waals surface area (Å²) < 4.78 is 0. The van der Waals surface area contributed by atoms with E-state index in [1.165, 1.54) is 0 Å². The first-order chi connectivity index (χ1) is 9.08. The van der Waals surface area contributed by atoms with Crippen molar-refractivity contribution in [1.82, 2.24) is 4.98 Å². The number of nitrogens with one attached hydrogen (secondary N) is 1. The summed E-state index contributed by atoms with van der Waals surface area (Å²) in [5, 5.41) is 8.96. The monoisotopic (exact) mass is 257 g/mol. The molecule has 1 heterocycles. The van der Waals surface area contributed by atoms with Gasteiger partial charge in [0.1, 0.15) is 0 Å². The number of hydrogen-bond donors (Lipinski definition) is 2. The molecule has 2 rings (SSSR count). The molecule has 0 aliphatic carbocycles. The molecule has 2 N–H and O–H groups in total. The minimum Gasteiger partial charge on any atom is -0.481 e. The van der Waals surface area contributed by atoms with Gasteiger partial charge in [-0.15, -0.1) is 0 Å². The summed E-state index contributed by atoms with van der Waals surface area (Å²) in [7, 11) is 0. The van der Waals surface area contributed by atoms with Gasteiger partial charge in [-0.25, -0.2) is 0 Å². The normalized spacial score (nSPS) is 10.4. The third-order valence-corrected chi connectivity index (χ3v) is 3.09. The van der Waals surface area contributed by atoms with Crippen molar-refractivity contribution in [1.29, 1.82) is 0 Å². The third kappa shape index (κ3) is 3.10. The molecule has 0 unspecified atom stereocenters. The van der Waals surface area contributed by atoms with Crippen molar-refractivity contribution in [2.45, 2.75) is 19.8 Å². The fourth-order valence-electron chi connectivity index (χ4n) is 2.11. The van der Waals surface area contributed by atoms with Crippen LogP contribution in [-0.2, 0) is 17.6 Å². The zero-order valence-electron chi connectivity index (χ0n) is 10.6. The number of hydrogen-bond acceptors (Lipinski definition) is 2. The van der Waals surface area contributed by atoms with Crippen LogP contribution in [0.15, 0.2) is 41.3 Å². The minimum atomic E-state index is -0.928. The summed E-state index contributed by atoms with van der Waals surface area (Å²) in [5.41, 5.74) is 2.72. The smallest absolute Gasteiger partial charge is 0.307 e. The van der Waals surface area contributed by atoms with Crippen LogP contribution in [0.4, 0.5) is 0 Å². The Balaban J connectivity index is 2.46. The molecule has 19 heavy (non-hydrogen) atoms. The summed E-state index contributed by atoms with van der Waals surface area (Å²) in [4.78, 5) is 25.5. The minimum absolute atomic E-state index is 0.127. The van der Waals surface area contributed by atoms with Crippen molar-refractivity contribution in [3.63, 3.8) is 0 Å². The van der Waals surface area contributed by atoms with Crippen LogP contribution in [-0.4, -0.2) is 16.1 Å². The van der Waals surface area contributed by atoms with Gasteiger partial charge in [-0.05, 0) is 23.6 Å². The lowest BCUT2D eigenvalue weighted by molar-refractivity contribution is -0.136. The first-order valence-corrected chi connectivity index (χ1v) is 6.03. The zero-order valence-corrected chi connectivity index (χ0v) is 10.6. The van der Waals surface area contributed by atoms with E-state index in [0.29, 0.717) is 17.5 Å². The average Bonchev–Trinajstić information content (AvgIpc) is 2.39. The number of aryl methyl sites for hydroxylation is 1. The van der Waals surface area contributed by atoms with Gasteiger partial charge in [0.05, 0.1) is 6.42 Å². The Hall–Kier alpha value is -2.36. The molecule has 0 bridgehead atoms. The van der Waals surface area contributed by atoms with Crippen LogP contribution in [0.3, 0.4) is 0 Å². The lowest BCUT2D eigenvalue weighted by atomic mass is 9.96. The molecule has 1 aromatic carbocycles. The van der Waals surface area contributed by atoms with E-state index in [4.69, 9.17) is 5.11 Å². The molecule has 4 heteroatoms. The topological polar surface area (TPSA) is 70.2 Å². The van der Waals surface area contributed by atoms with E-state index in [9.17, 15) is 9.59 Å². The van der Waals surface area contributed by atoms with E-state index in [1.807, 2.05) is 37.3 Å². The Kier molecular flexibility index (Phi) is 3.80. The van der Waals surface area contributed by atoms with Gasteiger partial charge >= 0.3 is 5.97 Å². The molecule has 1 aromatic heterocycles. The van der Waals surface area contributed by atoms with Gasteiger partial charge in [0.25, 0.3) is 5.56 Å². The number of pyridine rings is 1. The average molecular weight is 257 g/mol. The second kappa shape index (κ2) is 5.52. The molecule has 98 valence electrons. The van der Waals surface area contributed by atoms with Gasteiger partial charge in [0.15, 0.2) is 0 Å². The number of rotatable bonds is 4. The molecule has 0 saturated carbocycles. The largest absolute Gasteiger partial charge is 0.481 e. The Labute approximate surface area is 110 Å². The maximum atomic E-state index is 11.9. The molecule has 4 nitrogen and oxygen atoms in total. The van der Waals surface area contributed by atoms with Crippen LogP contribution in [0.2, 0.25) is 0 Å². The number of benzene rings is 1. The molecule has 0 saturated heterocycles. The zero-order chi connectivity index (χ0) is 13.8. The summed E-state index contributed by atoms with van der Waals surface area (Å²) in [6.45, 7) is 1.81. The second-order valence-electron chi connectivity index (χ2n) is 4.49. The number of carbonyl (C=O) groups is 1. The van der Waals surface area contributed by atoms with Gasteiger partial charge in [-0.2, -0.15) is 0 Å². The van der Waals surface area contributed by atoms with Gasteiger partial charge in [0.2, 0.25) is 0 Å². The quantitative estimate of drug-likeness (QED) is 0.878. The Morgan fingerprint density at radius 2 is 1.89 bits per heavy atom. The molecule has 0 spiro atoms. The number of H-pyrrole nitrogens is 1. The highest BCUT2D eigenvalue weighted by Crippen LogP contribution is 2.14. The highest BCUT2D eigenvalue weighted by atomic mass is 16.4. The number of aliphatic carboxylic acids is 1. The maximum absolute atomic E-state index is 11.9. The van der Waals surface area contributed by atoms with Crippen LogP contribution in [0, 0.1) is 6.92 Å². The van der Waals surface area contributed by atoms with Gasteiger partial charge in [0, 0.05) is 18.2 Å². The molecule has 0 aliphatic heterocycles. The molecular weight excluding hydrogens is 242 g/mol. The van der Waals surface area contributed by atoms with Crippen LogP contribution in [0.25, 0.3) is 0 Å². The number of carboxylic acid groups (broad SMARTS) is 1. The molecule has 0 amide bonds. The number of carboxylic acids is 1. The number of aromatic nitrogens is 1. The molecule has 2 aromatic rings. The van der Waals surface area contributed by atoms with Crippen molar-refractivity contribution in [2.24, 2.45) is 0 Å². The van der Waals surface area contributed by atoms with E-state index >= 15 is 0 Å². The Morgan fingerprint density at radius 3 is 2.53 bits per heavy atom. The van der Waals surface area contributed by atoms with E-state index in [-0.39, 0.29) is 12.0 Å². The highest BCUT2D eigenvalue weighted by molar-refractivity contribution is 5.71. The highest BCUT2D eigenvalue weighted by Gasteiger charge is 2.13. The van der Waals surface area contributed by atoms with Gasteiger partial charge in [-0.3, -0.25) is 9.59 Å². The van der Waals surface area contributed by atoms with Crippen LogP contribution in [0.5, 0.6) is 0 Å². The predicted octanol–water partition coefficient (Wildman–Crippen LogP) is 1.90. The van der Waals surface area contributed by atoms with Gasteiger partial charge < -0.3 is 10.1 Å². The Bertz CT molecular complexity index is 644. The van der Waals surface area contributed by atoms with Crippen LogP contribution < -0.4 is 5.56 Å². The fourth-order valence-corrected chi connectivity index (χ4v) is 2.11. The van der Waals surface area contributed by atoms with E-state index in [0.717, 1.165) is 11.1 Å². The second-order valence-corrected chi connectivity index (χ2v) is 4.49. The standard InChI is InChI=1S/C15H15NO3/c1-10-9-16-15(19)13(12(10)8-14(17)18)7-11-5-3-2-4-6-11/h2-6,9H,7-8H2,1H3,(H,16,19)(H,17,18). The summed E-state index contributed by atoms with van der Waals surface area (Å²) in [5.74, 6) is -0.928. The first-order valence-electron chi connectivity index (χ1n) is 6.03. The maximum Gasteiger partial charge on any atom is 0.307 e. The first kappa shape index (κ1) is 13.1. The van der Waals surface area contributed by atoms with Crippen molar-refractivity contribution in [2.75, 3.05) is 0 Å². The molecule has 0 radical (unpaired) electrons. The fraction of sp³-hybridized carbons (Fsp3) is 0.200. The Morgan fingerprint density at radius 1 is 1.21 bits per heavy atom. The van der Waals surface area contributed by atoms with Gasteiger partial charge in [-0.1, -0.05) is 30.3 Å². The number of aromatic amines is 1. The third-order valence-electron chi connectivity index (χ3n) is 3.09. The van der Waals surface area contributed by atoms with Crippen LogP contribution >= 0.6 is 0 Å². The summed E-state index contributed by atoms with van der Waals surface area (Å²) in [6, 6.07) is 9.55. The molecule has 0 atom stereocenters. The van der Waals surface area contributed by atoms with Crippen molar-refractivity contribution < 1.29 is 9.90 Å². The molecular formula is C15H15NO3.